The van der Waals surface area contributed by atoms with Crippen LogP contribution in [0.5, 0.6) is 5.75 Å². The van der Waals surface area contributed by atoms with Crippen molar-refractivity contribution in [3.63, 3.8) is 0 Å². The summed E-state index contributed by atoms with van der Waals surface area (Å²) in [6.45, 7) is 2.21. The Hall–Kier alpha value is -3.55. The van der Waals surface area contributed by atoms with E-state index in [4.69, 9.17) is 4.74 Å². The van der Waals surface area contributed by atoms with Crippen LogP contribution in [0.15, 0.2) is 42.5 Å². The summed E-state index contributed by atoms with van der Waals surface area (Å²) in [6, 6.07) is 12.4. The van der Waals surface area contributed by atoms with Crippen LogP contribution in [0.4, 0.5) is 22.7 Å². The molecule has 1 heterocycles. The SMILES string of the molecule is COc1ccc(NC(C)=O)cc1NC(=O)CNc1ccc(N2CCCC2=O)cc1. The van der Waals surface area contributed by atoms with Crippen molar-refractivity contribution in [2.75, 3.05) is 41.0 Å². The monoisotopic (exact) mass is 396 g/mol. The highest BCUT2D eigenvalue weighted by Crippen LogP contribution is 2.28. The minimum Gasteiger partial charge on any atom is -0.495 e. The molecule has 8 heteroatoms. The quantitative estimate of drug-likeness (QED) is 0.668. The fourth-order valence-corrected chi connectivity index (χ4v) is 3.14. The Kier molecular flexibility index (Phi) is 6.33. The summed E-state index contributed by atoms with van der Waals surface area (Å²) in [5.74, 6) is 0.169. The number of carbonyl (C=O) groups excluding carboxylic acids is 3. The molecule has 0 saturated carbocycles. The molecule has 0 aromatic heterocycles. The molecule has 2 aromatic rings. The van der Waals surface area contributed by atoms with Gasteiger partial charge < -0.3 is 25.6 Å². The van der Waals surface area contributed by atoms with Crippen molar-refractivity contribution in [2.24, 2.45) is 0 Å². The molecular formula is C21H24N4O4. The van der Waals surface area contributed by atoms with E-state index in [-0.39, 0.29) is 24.3 Å². The van der Waals surface area contributed by atoms with Gasteiger partial charge in [-0.25, -0.2) is 0 Å². The number of carbonyl (C=O) groups is 3. The molecule has 0 bridgehead atoms. The van der Waals surface area contributed by atoms with Crippen molar-refractivity contribution >= 4 is 40.5 Å². The number of ether oxygens (including phenoxy) is 1. The van der Waals surface area contributed by atoms with Gasteiger partial charge in [0.05, 0.1) is 19.3 Å². The normalized spacial score (nSPS) is 13.2. The summed E-state index contributed by atoms with van der Waals surface area (Å²) in [4.78, 5) is 37.1. The molecule has 3 amide bonds. The maximum Gasteiger partial charge on any atom is 0.243 e. The second-order valence-electron chi connectivity index (χ2n) is 6.69. The van der Waals surface area contributed by atoms with Crippen LogP contribution in [0.25, 0.3) is 0 Å². The first-order valence-corrected chi connectivity index (χ1v) is 9.36. The molecule has 2 aromatic carbocycles. The fourth-order valence-electron chi connectivity index (χ4n) is 3.14. The van der Waals surface area contributed by atoms with Crippen molar-refractivity contribution in [1.29, 1.82) is 0 Å². The summed E-state index contributed by atoms with van der Waals surface area (Å²) < 4.78 is 5.26. The van der Waals surface area contributed by atoms with Gasteiger partial charge in [0.25, 0.3) is 0 Å². The van der Waals surface area contributed by atoms with Crippen LogP contribution in [-0.2, 0) is 14.4 Å². The predicted molar refractivity (Wildman–Crippen MR) is 112 cm³/mol. The maximum atomic E-state index is 12.3. The zero-order valence-electron chi connectivity index (χ0n) is 16.5. The second-order valence-corrected chi connectivity index (χ2v) is 6.69. The molecule has 0 spiro atoms. The van der Waals surface area contributed by atoms with E-state index < -0.39 is 0 Å². The fraction of sp³-hybridized carbons (Fsp3) is 0.286. The van der Waals surface area contributed by atoms with E-state index in [0.717, 1.165) is 24.3 Å². The molecule has 0 radical (unpaired) electrons. The van der Waals surface area contributed by atoms with Crippen LogP contribution < -0.4 is 25.6 Å². The number of amides is 3. The maximum absolute atomic E-state index is 12.3. The Morgan fingerprint density at radius 3 is 2.41 bits per heavy atom. The van der Waals surface area contributed by atoms with E-state index >= 15 is 0 Å². The molecule has 3 N–H and O–H groups in total. The molecule has 0 atom stereocenters. The highest BCUT2D eigenvalue weighted by atomic mass is 16.5. The molecule has 1 aliphatic rings. The van der Waals surface area contributed by atoms with Crippen LogP contribution >= 0.6 is 0 Å². The Labute approximate surface area is 169 Å². The predicted octanol–water partition coefficient (Wildman–Crippen LogP) is 2.83. The largest absolute Gasteiger partial charge is 0.495 e. The van der Waals surface area contributed by atoms with Gasteiger partial charge in [-0.1, -0.05) is 0 Å². The second kappa shape index (κ2) is 9.09. The number of nitrogens with one attached hydrogen (secondary N) is 3. The molecular weight excluding hydrogens is 372 g/mol. The molecule has 1 aliphatic heterocycles. The third-order valence-corrected chi connectivity index (χ3v) is 4.50. The summed E-state index contributed by atoms with van der Waals surface area (Å²) in [7, 11) is 1.51. The van der Waals surface area contributed by atoms with Gasteiger partial charge in [-0.3, -0.25) is 14.4 Å². The van der Waals surface area contributed by atoms with Gasteiger partial charge in [-0.15, -0.1) is 0 Å². The smallest absolute Gasteiger partial charge is 0.243 e. The molecule has 0 unspecified atom stereocenters. The Bertz CT molecular complexity index is 911. The number of rotatable bonds is 7. The first-order chi connectivity index (χ1) is 14.0. The highest BCUT2D eigenvalue weighted by molar-refractivity contribution is 5.97. The number of anilines is 4. The van der Waals surface area contributed by atoms with Gasteiger partial charge in [-0.05, 0) is 48.9 Å². The van der Waals surface area contributed by atoms with Gasteiger partial charge in [0, 0.05) is 37.0 Å². The first-order valence-electron chi connectivity index (χ1n) is 9.36. The lowest BCUT2D eigenvalue weighted by atomic mass is 10.2. The molecule has 29 heavy (non-hydrogen) atoms. The van der Waals surface area contributed by atoms with Crippen molar-refractivity contribution in [2.45, 2.75) is 19.8 Å². The summed E-state index contributed by atoms with van der Waals surface area (Å²) >= 11 is 0. The van der Waals surface area contributed by atoms with Crippen molar-refractivity contribution in [3.05, 3.63) is 42.5 Å². The van der Waals surface area contributed by atoms with E-state index in [1.54, 1.807) is 23.1 Å². The summed E-state index contributed by atoms with van der Waals surface area (Å²) in [5.41, 5.74) is 2.67. The summed E-state index contributed by atoms with van der Waals surface area (Å²) in [6.07, 6.45) is 1.47. The topological polar surface area (TPSA) is 99.8 Å². The number of hydrogen-bond acceptors (Lipinski definition) is 5. The van der Waals surface area contributed by atoms with E-state index in [0.29, 0.717) is 23.5 Å². The van der Waals surface area contributed by atoms with E-state index in [2.05, 4.69) is 16.0 Å². The number of methoxy groups -OCH3 is 1. The van der Waals surface area contributed by atoms with Gasteiger partial charge in [0.2, 0.25) is 17.7 Å². The zero-order chi connectivity index (χ0) is 20.8. The van der Waals surface area contributed by atoms with Crippen LogP contribution in [-0.4, -0.2) is 37.9 Å². The first kappa shape index (κ1) is 20.2. The molecule has 0 aliphatic carbocycles. The molecule has 3 rings (SSSR count). The molecule has 1 fully saturated rings. The number of nitrogens with zero attached hydrogens (tertiary/aromatic N) is 1. The minimum absolute atomic E-state index is 0.0511. The van der Waals surface area contributed by atoms with Crippen LogP contribution in [0.1, 0.15) is 19.8 Å². The molecule has 152 valence electrons. The lowest BCUT2D eigenvalue weighted by Gasteiger charge is -2.16. The standard InChI is InChI=1S/C21H24N4O4/c1-14(26)23-16-7-10-19(29-2)18(12-16)24-20(27)13-22-15-5-8-17(9-6-15)25-11-3-4-21(25)28/h5-10,12,22H,3-4,11,13H2,1-2H3,(H,23,26)(H,24,27). The van der Waals surface area contributed by atoms with Crippen molar-refractivity contribution in [3.8, 4) is 5.75 Å². The van der Waals surface area contributed by atoms with Gasteiger partial charge in [-0.2, -0.15) is 0 Å². The highest BCUT2D eigenvalue weighted by Gasteiger charge is 2.21. The Morgan fingerprint density at radius 2 is 1.79 bits per heavy atom. The molecule has 8 nitrogen and oxygen atoms in total. The lowest BCUT2D eigenvalue weighted by molar-refractivity contribution is -0.117. The minimum atomic E-state index is -0.262. The lowest BCUT2D eigenvalue weighted by Crippen LogP contribution is -2.24. The van der Waals surface area contributed by atoms with Crippen LogP contribution in [0, 0.1) is 0 Å². The Balaban J connectivity index is 1.58. The van der Waals surface area contributed by atoms with Crippen molar-refractivity contribution in [1.82, 2.24) is 0 Å². The zero-order valence-corrected chi connectivity index (χ0v) is 16.5. The van der Waals surface area contributed by atoms with Crippen LogP contribution in [0.3, 0.4) is 0 Å². The average molecular weight is 396 g/mol. The molecule has 1 saturated heterocycles. The third kappa shape index (κ3) is 5.25. The summed E-state index contributed by atoms with van der Waals surface area (Å²) in [5, 5.41) is 8.50. The third-order valence-electron chi connectivity index (χ3n) is 4.50. The van der Waals surface area contributed by atoms with Gasteiger partial charge >= 0.3 is 0 Å². The van der Waals surface area contributed by atoms with Crippen molar-refractivity contribution < 1.29 is 19.1 Å². The average Bonchev–Trinajstić information content (AvgIpc) is 3.12. The number of benzene rings is 2. The Morgan fingerprint density at radius 1 is 1.07 bits per heavy atom. The number of hydrogen-bond donors (Lipinski definition) is 3. The van der Waals surface area contributed by atoms with Crippen LogP contribution in [0.2, 0.25) is 0 Å². The van der Waals surface area contributed by atoms with E-state index in [1.807, 2.05) is 24.3 Å². The van der Waals surface area contributed by atoms with Gasteiger partial charge in [0.1, 0.15) is 5.75 Å². The van der Waals surface area contributed by atoms with Gasteiger partial charge in [0.15, 0.2) is 0 Å². The van der Waals surface area contributed by atoms with E-state index in [9.17, 15) is 14.4 Å². The van der Waals surface area contributed by atoms with E-state index in [1.165, 1.54) is 14.0 Å².